The lowest BCUT2D eigenvalue weighted by Gasteiger charge is -2.33. The van der Waals surface area contributed by atoms with Gasteiger partial charge in [-0.2, -0.15) is 0 Å². The molecule has 1 aliphatic heterocycles. The van der Waals surface area contributed by atoms with Crippen LogP contribution in [0.5, 0.6) is 0 Å². The third-order valence-corrected chi connectivity index (χ3v) is 4.02. The number of nitrogens with zero attached hydrogens (tertiary/aromatic N) is 1. The fourth-order valence-electron chi connectivity index (χ4n) is 2.89. The van der Waals surface area contributed by atoms with Crippen molar-refractivity contribution in [3.05, 3.63) is 0 Å². The van der Waals surface area contributed by atoms with Crippen molar-refractivity contribution in [2.75, 3.05) is 26.2 Å². The van der Waals surface area contributed by atoms with Crippen LogP contribution in [0.25, 0.3) is 0 Å². The fourth-order valence-corrected chi connectivity index (χ4v) is 2.89. The monoisotopic (exact) mass is 254 g/mol. The molecule has 1 fully saturated rings. The van der Waals surface area contributed by atoms with Crippen LogP contribution in [-0.4, -0.2) is 37.1 Å². The lowest BCUT2D eigenvalue weighted by Crippen LogP contribution is -2.46. The zero-order chi connectivity index (χ0) is 13.1. The molecule has 1 unspecified atom stereocenters. The van der Waals surface area contributed by atoms with E-state index in [1.54, 1.807) is 0 Å². The molecule has 1 aliphatic rings. The quantitative estimate of drug-likeness (QED) is 0.596. The van der Waals surface area contributed by atoms with Gasteiger partial charge in [-0.1, -0.05) is 46.0 Å². The number of hydrogen-bond acceptors (Lipinski definition) is 2. The van der Waals surface area contributed by atoms with E-state index in [1.165, 1.54) is 84.0 Å². The molecule has 2 heteroatoms. The lowest BCUT2D eigenvalue weighted by atomic mass is 10.0. The van der Waals surface area contributed by atoms with E-state index in [9.17, 15) is 0 Å². The van der Waals surface area contributed by atoms with Gasteiger partial charge in [-0.25, -0.2) is 0 Å². The second kappa shape index (κ2) is 10.8. The molecule has 0 amide bonds. The van der Waals surface area contributed by atoms with Gasteiger partial charge in [-0.15, -0.1) is 0 Å². The summed E-state index contributed by atoms with van der Waals surface area (Å²) in [5.41, 5.74) is 0. The van der Waals surface area contributed by atoms with E-state index in [0.29, 0.717) is 0 Å². The molecule has 1 atom stereocenters. The van der Waals surface area contributed by atoms with Gasteiger partial charge in [-0.05, 0) is 45.3 Å². The predicted octanol–water partition coefficient (Wildman–Crippen LogP) is 3.81. The Bertz CT molecular complexity index is 182. The summed E-state index contributed by atoms with van der Waals surface area (Å²) in [7, 11) is 0. The maximum atomic E-state index is 3.68. The van der Waals surface area contributed by atoms with Crippen LogP contribution in [0, 0.1) is 0 Å². The van der Waals surface area contributed by atoms with Crippen molar-refractivity contribution >= 4 is 0 Å². The van der Waals surface area contributed by atoms with Gasteiger partial charge in [0.25, 0.3) is 0 Å². The zero-order valence-electron chi connectivity index (χ0n) is 12.7. The molecule has 0 aliphatic carbocycles. The van der Waals surface area contributed by atoms with Crippen molar-refractivity contribution in [2.24, 2.45) is 0 Å². The molecule has 0 saturated carbocycles. The number of piperidine rings is 1. The number of likely N-dealkylation sites (tertiary alicyclic amines) is 1. The molecule has 0 spiro atoms. The van der Waals surface area contributed by atoms with Gasteiger partial charge in [0.15, 0.2) is 0 Å². The Morgan fingerprint density at radius 1 is 1.00 bits per heavy atom. The average molecular weight is 254 g/mol. The second-order valence-corrected chi connectivity index (χ2v) is 5.86. The van der Waals surface area contributed by atoms with Gasteiger partial charge in [-0.3, -0.25) is 0 Å². The summed E-state index contributed by atoms with van der Waals surface area (Å²) in [5, 5.41) is 3.68. The van der Waals surface area contributed by atoms with Crippen LogP contribution in [0.15, 0.2) is 0 Å². The van der Waals surface area contributed by atoms with E-state index in [-0.39, 0.29) is 0 Å². The summed E-state index contributed by atoms with van der Waals surface area (Å²) < 4.78 is 0. The smallest absolute Gasteiger partial charge is 0.0195 e. The third-order valence-electron chi connectivity index (χ3n) is 4.02. The van der Waals surface area contributed by atoms with E-state index in [2.05, 4.69) is 24.1 Å². The summed E-state index contributed by atoms with van der Waals surface area (Å²) in [6.07, 6.45) is 12.5. The number of unbranched alkanes of at least 4 members (excludes halogenated alkanes) is 5. The molecule has 18 heavy (non-hydrogen) atoms. The van der Waals surface area contributed by atoms with E-state index in [1.807, 2.05) is 0 Å². The van der Waals surface area contributed by atoms with E-state index < -0.39 is 0 Å². The SMILES string of the molecule is CCCCCCCCN1CCCC(NCCC)C1. The van der Waals surface area contributed by atoms with Crippen molar-refractivity contribution < 1.29 is 0 Å². The highest BCUT2D eigenvalue weighted by Crippen LogP contribution is 2.12. The Labute approximate surface area is 115 Å². The largest absolute Gasteiger partial charge is 0.313 e. The summed E-state index contributed by atoms with van der Waals surface area (Å²) in [4.78, 5) is 2.68. The van der Waals surface area contributed by atoms with Crippen LogP contribution in [0.4, 0.5) is 0 Å². The molecule has 0 bridgehead atoms. The second-order valence-electron chi connectivity index (χ2n) is 5.86. The zero-order valence-corrected chi connectivity index (χ0v) is 12.7. The van der Waals surface area contributed by atoms with E-state index in [0.717, 1.165) is 6.04 Å². The summed E-state index contributed by atoms with van der Waals surface area (Å²) >= 11 is 0. The minimum Gasteiger partial charge on any atom is -0.313 e. The van der Waals surface area contributed by atoms with Crippen LogP contribution >= 0.6 is 0 Å². The predicted molar refractivity (Wildman–Crippen MR) is 81.1 cm³/mol. The van der Waals surface area contributed by atoms with Crippen molar-refractivity contribution in [1.82, 2.24) is 10.2 Å². The summed E-state index contributed by atoms with van der Waals surface area (Å²) in [5.74, 6) is 0. The molecule has 0 aromatic heterocycles. The molecule has 1 N–H and O–H groups in total. The Hall–Kier alpha value is -0.0800. The number of hydrogen-bond donors (Lipinski definition) is 1. The van der Waals surface area contributed by atoms with E-state index >= 15 is 0 Å². The fraction of sp³-hybridized carbons (Fsp3) is 1.00. The molecule has 1 heterocycles. The topological polar surface area (TPSA) is 15.3 Å². The standard InChI is InChI=1S/C16H34N2/c1-3-5-6-7-8-9-13-18-14-10-11-16(15-18)17-12-4-2/h16-17H,3-15H2,1-2H3. The summed E-state index contributed by atoms with van der Waals surface area (Å²) in [6, 6.07) is 0.763. The van der Waals surface area contributed by atoms with Crippen LogP contribution in [0.3, 0.4) is 0 Å². The Balaban J connectivity index is 2.00. The highest BCUT2D eigenvalue weighted by atomic mass is 15.2. The van der Waals surface area contributed by atoms with Crippen LogP contribution in [0.2, 0.25) is 0 Å². The van der Waals surface area contributed by atoms with Gasteiger partial charge < -0.3 is 10.2 Å². The molecule has 1 rings (SSSR count). The molecular weight excluding hydrogens is 220 g/mol. The third kappa shape index (κ3) is 7.38. The first-order valence-corrected chi connectivity index (χ1v) is 8.32. The molecule has 0 aromatic carbocycles. The Kier molecular flexibility index (Phi) is 9.59. The van der Waals surface area contributed by atoms with E-state index in [4.69, 9.17) is 0 Å². The molecule has 0 aromatic rings. The van der Waals surface area contributed by atoms with Gasteiger partial charge >= 0.3 is 0 Å². The van der Waals surface area contributed by atoms with Crippen molar-refractivity contribution in [1.29, 1.82) is 0 Å². The summed E-state index contributed by atoms with van der Waals surface area (Å²) in [6.45, 7) is 9.68. The molecule has 0 radical (unpaired) electrons. The van der Waals surface area contributed by atoms with Crippen molar-refractivity contribution in [3.63, 3.8) is 0 Å². The first-order valence-electron chi connectivity index (χ1n) is 8.32. The molecule has 2 nitrogen and oxygen atoms in total. The first-order chi connectivity index (χ1) is 8.86. The molecule has 108 valence electrons. The highest BCUT2D eigenvalue weighted by Gasteiger charge is 2.18. The minimum atomic E-state index is 0.763. The molecule has 1 saturated heterocycles. The maximum absolute atomic E-state index is 3.68. The van der Waals surface area contributed by atoms with Crippen LogP contribution in [0.1, 0.15) is 71.6 Å². The van der Waals surface area contributed by atoms with Gasteiger partial charge in [0, 0.05) is 12.6 Å². The average Bonchev–Trinajstić information content (AvgIpc) is 2.41. The normalized spacial score (nSPS) is 21.3. The van der Waals surface area contributed by atoms with Gasteiger partial charge in [0.1, 0.15) is 0 Å². The minimum absolute atomic E-state index is 0.763. The van der Waals surface area contributed by atoms with Crippen molar-refractivity contribution in [2.45, 2.75) is 77.7 Å². The lowest BCUT2D eigenvalue weighted by molar-refractivity contribution is 0.187. The maximum Gasteiger partial charge on any atom is 0.0195 e. The highest BCUT2D eigenvalue weighted by molar-refractivity contribution is 4.77. The van der Waals surface area contributed by atoms with Crippen molar-refractivity contribution in [3.8, 4) is 0 Å². The number of nitrogens with one attached hydrogen (secondary N) is 1. The van der Waals surface area contributed by atoms with Crippen LogP contribution in [-0.2, 0) is 0 Å². The van der Waals surface area contributed by atoms with Crippen LogP contribution < -0.4 is 5.32 Å². The number of rotatable bonds is 10. The van der Waals surface area contributed by atoms with Gasteiger partial charge in [0.05, 0.1) is 0 Å². The first kappa shape index (κ1) is 16.0. The Morgan fingerprint density at radius 3 is 2.56 bits per heavy atom. The Morgan fingerprint density at radius 2 is 1.78 bits per heavy atom. The molecular formula is C16H34N2. The van der Waals surface area contributed by atoms with Gasteiger partial charge in [0.2, 0.25) is 0 Å².